The van der Waals surface area contributed by atoms with Gasteiger partial charge in [-0.1, -0.05) is 20.8 Å². The summed E-state index contributed by atoms with van der Waals surface area (Å²) in [4.78, 5) is 4.65. The first-order valence-corrected chi connectivity index (χ1v) is 8.20. The molecule has 1 aromatic heterocycles. The smallest absolute Gasteiger partial charge is 0.128 e. The Hall–Kier alpha value is -1.59. The fourth-order valence-corrected chi connectivity index (χ4v) is 3.17. The monoisotopic (exact) mass is 320 g/mol. The Morgan fingerprint density at radius 2 is 1.82 bits per heavy atom. The molecule has 2 N–H and O–H groups in total. The van der Waals surface area contributed by atoms with E-state index < -0.39 is 0 Å². The summed E-state index contributed by atoms with van der Waals surface area (Å²) in [5, 5.41) is 3.08. The minimum atomic E-state index is -0.0239. The lowest BCUT2D eigenvalue weighted by Gasteiger charge is -2.23. The quantitative estimate of drug-likeness (QED) is 0.914. The van der Waals surface area contributed by atoms with E-state index in [1.54, 1.807) is 25.6 Å². The molecule has 0 aliphatic heterocycles. The topological polar surface area (TPSA) is 57.4 Å². The zero-order valence-corrected chi connectivity index (χ0v) is 14.7. The molecule has 1 aromatic carbocycles. The van der Waals surface area contributed by atoms with Gasteiger partial charge in [-0.05, 0) is 24.1 Å². The number of methoxy groups -OCH3 is 2. The summed E-state index contributed by atoms with van der Waals surface area (Å²) < 4.78 is 11.2. The molecule has 0 aliphatic rings. The van der Waals surface area contributed by atoms with Crippen molar-refractivity contribution in [3.63, 3.8) is 0 Å². The van der Waals surface area contributed by atoms with E-state index in [2.05, 4.69) is 31.8 Å². The fourth-order valence-electron chi connectivity index (χ4n) is 2.36. The number of nitrogens with zero attached hydrogens (tertiary/aromatic N) is 1. The van der Waals surface area contributed by atoms with Gasteiger partial charge in [-0.15, -0.1) is 11.3 Å². The lowest BCUT2D eigenvalue weighted by atomic mass is 9.85. The van der Waals surface area contributed by atoms with Gasteiger partial charge >= 0.3 is 0 Å². The summed E-state index contributed by atoms with van der Waals surface area (Å²) in [6.07, 6.45) is 0.796. The Balaban J connectivity index is 2.55. The number of hydrogen-bond acceptors (Lipinski definition) is 5. The van der Waals surface area contributed by atoms with Crippen molar-refractivity contribution in [1.82, 2.24) is 4.98 Å². The third kappa shape index (κ3) is 3.42. The van der Waals surface area contributed by atoms with E-state index in [1.165, 1.54) is 0 Å². The molecule has 0 bridgehead atoms. The maximum absolute atomic E-state index is 5.60. The van der Waals surface area contributed by atoms with Gasteiger partial charge < -0.3 is 15.2 Å². The van der Waals surface area contributed by atoms with Crippen molar-refractivity contribution in [3.05, 3.63) is 28.1 Å². The van der Waals surface area contributed by atoms with E-state index in [9.17, 15) is 0 Å². The molecule has 0 radical (unpaired) electrons. The second kappa shape index (κ2) is 6.67. The standard InChI is InChI=1S/C17H24N2O2S/c1-17(2,3)12-9-14(20-4)11(8-15(12)21-5)13-10-22-16(19-13)6-7-18/h8-10H,6-7,18H2,1-5H3. The number of thiazole rings is 1. The van der Waals surface area contributed by atoms with Crippen molar-refractivity contribution in [2.24, 2.45) is 5.73 Å². The van der Waals surface area contributed by atoms with E-state index in [0.29, 0.717) is 6.54 Å². The Morgan fingerprint density at radius 1 is 1.14 bits per heavy atom. The van der Waals surface area contributed by atoms with Crippen LogP contribution in [-0.4, -0.2) is 25.7 Å². The SMILES string of the molecule is COc1cc(C(C)(C)C)c(OC)cc1-c1csc(CCN)n1. The van der Waals surface area contributed by atoms with Crippen LogP contribution in [0.1, 0.15) is 31.3 Å². The highest BCUT2D eigenvalue weighted by atomic mass is 32.1. The second-order valence-corrected chi connectivity index (χ2v) is 7.11. The summed E-state index contributed by atoms with van der Waals surface area (Å²) in [6.45, 7) is 7.08. The summed E-state index contributed by atoms with van der Waals surface area (Å²) in [6, 6.07) is 4.07. The van der Waals surface area contributed by atoms with Gasteiger partial charge in [0.25, 0.3) is 0 Å². The van der Waals surface area contributed by atoms with Gasteiger partial charge in [-0.3, -0.25) is 0 Å². The van der Waals surface area contributed by atoms with Gasteiger partial charge in [0.2, 0.25) is 0 Å². The van der Waals surface area contributed by atoms with Gasteiger partial charge in [0.1, 0.15) is 11.5 Å². The molecule has 0 saturated carbocycles. The predicted octanol–water partition coefficient (Wildman–Crippen LogP) is 3.63. The van der Waals surface area contributed by atoms with Gasteiger partial charge in [0.15, 0.2) is 0 Å². The van der Waals surface area contributed by atoms with Crippen LogP contribution in [-0.2, 0) is 11.8 Å². The van der Waals surface area contributed by atoms with Crippen LogP contribution < -0.4 is 15.2 Å². The molecule has 0 fully saturated rings. The Bertz CT molecular complexity index is 645. The van der Waals surface area contributed by atoms with Crippen LogP contribution in [0.15, 0.2) is 17.5 Å². The lowest BCUT2D eigenvalue weighted by Crippen LogP contribution is -2.13. The Kier molecular flexibility index (Phi) is 5.08. The molecule has 0 unspecified atom stereocenters. The van der Waals surface area contributed by atoms with Gasteiger partial charge in [-0.2, -0.15) is 0 Å². The maximum atomic E-state index is 5.60. The molecule has 0 amide bonds. The first-order chi connectivity index (χ1) is 10.4. The molecular formula is C17H24N2O2S. The van der Waals surface area contributed by atoms with E-state index in [-0.39, 0.29) is 5.41 Å². The molecule has 0 atom stereocenters. The minimum Gasteiger partial charge on any atom is -0.496 e. The molecule has 0 saturated heterocycles. The van der Waals surface area contributed by atoms with Crippen molar-refractivity contribution in [3.8, 4) is 22.8 Å². The van der Waals surface area contributed by atoms with Crippen molar-refractivity contribution in [2.75, 3.05) is 20.8 Å². The Labute approximate surface area is 136 Å². The van der Waals surface area contributed by atoms with E-state index >= 15 is 0 Å². The van der Waals surface area contributed by atoms with Gasteiger partial charge in [-0.25, -0.2) is 4.98 Å². The van der Waals surface area contributed by atoms with Crippen LogP contribution in [0.3, 0.4) is 0 Å². The minimum absolute atomic E-state index is 0.0239. The summed E-state index contributed by atoms with van der Waals surface area (Å²) in [5.74, 6) is 1.67. The zero-order valence-electron chi connectivity index (χ0n) is 13.9. The first-order valence-electron chi connectivity index (χ1n) is 7.32. The van der Waals surface area contributed by atoms with Crippen LogP contribution in [0, 0.1) is 0 Å². The van der Waals surface area contributed by atoms with Crippen molar-refractivity contribution in [1.29, 1.82) is 0 Å². The van der Waals surface area contributed by atoms with E-state index in [4.69, 9.17) is 15.2 Å². The Morgan fingerprint density at radius 3 is 2.36 bits per heavy atom. The molecule has 22 heavy (non-hydrogen) atoms. The summed E-state index contributed by atoms with van der Waals surface area (Å²) in [7, 11) is 3.38. The fraction of sp³-hybridized carbons (Fsp3) is 0.471. The van der Waals surface area contributed by atoms with Crippen LogP contribution in [0.2, 0.25) is 0 Å². The number of aromatic nitrogens is 1. The number of benzene rings is 1. The van der Waals surface area contributed by atoms with Crippen molar-refractivity contribution < 1.29 is 9.47 Å². The summed E-state index contributed by atoms with van der Waals surface area (Å²) >= 11 is 1.62. The third-order valence-corrected chi connectivity index (χ3v) is 4.42. The summed E-state index contributed by atoms with van der Waals surface area (Å²) in [5.41, 5.74) is 8.55. The molecule has 5 heteroatoms. The highest BCUT2D eigenvalue weighted by Gasteiger charge is 2.23. The van der Waals surface area contributed by atoms with Crippen LogP contribution in [0.25, 0.3) is 11.3 Å². The third-order valence-electron chi connectivity index (χ3n) is 3.52. The normalized spacial score (nSPS) is 11.5. The molecule has 0 spiro atoms. The van der Waals surface area contributed by atoms with Crippen LogP contribution in [0.5, 0.6) is 11.5 Å². The molecule has 4 nitrogen and oxygen atoms in total. The van der Waals surface area contributed by atoms with Gasteiger partial charge in [0.05, 0.1) is 24.9 Å². The average Bonchev–Trinajstić information content (AvgIpc) is 2.93. The predicted molar refractivity (Wildman–Crippen MR) is 92.1 cm³/mol. The maximum Gasteiger partial charge on any atom is 0.128 e. The molecule has 120 valence electrons. The van der Waals surface area contributed by atoms with Crippen molar-refractivity contribution >= 4 is 11.3 Å². The largest absolute Gasteiger partial charge is 0.496 e. The average molecular weight is 320 g/mol. The highest BCUT2D eigenvalue weighted by molar-refractivity contribution is 7.09. The zero-order chi connectivity index (χ0) is 16.3. The van der Waals surface area contributed by atoms with Crippen molar-refractivity contribution in [2.45, 2.75) is 32.6 Å². The number of ether oxygens (including phenoxy) is 2. The molecule has 1 heterocycles. The number of rotatable bonds is 5. The lowest BCUT2D eigenvalue weighted by molar-refractivity contribution is 0.389. The molecule has 2 rings (SSSR count). The molecular weight excluding hydrogens is 296 g/mol. The van der Waals surface area contributed by atoms with Gasteiger partial charge in [0, 0.05) is 22.9 Å². The van der Waals surface area contributed by atoms with E-state index in [1.807, 2.05) is 11.4 Å². The molecule has 0 aliphatic carbocycles. The van der Waals surface area contributed by atoms with E-state index in [0.717, 1.165) is 39.7 Å². The number of hydrogen-bond donors (Lipinski definition) is 1. The molecule has 2 aromatic rings. The first kappa shape index (κ1) is 16.8. The highest BCUT2D eigenvalue weighted by Crippen LogP contribution is 2.41. The second-order valence-electron chi connectivity index (χ2n) is 6.17. The van der Waals surface area contributed by atoms with Crippen LogP contribution in [0.4, 0.5) is 0 Å². The van der Waals surface area contributed by atoms with Crippen LogP contribution >= 0.6 is 11.3 Å². The number of nitrogens with two attached hydrogens (primary N) is 1.